The van der Waals surface area contributed by atoms with Crippen molar-refractivity contribution in [1.29, 1.82) is 0 Å². The van der Waals surface area contributed by atoms with Crippen LogP contribution in [0.2, 0.25) is 0 Å². The molecule has 9 heavy (non-hydrogen) atoms. The lowest BCUT2D eigenvalue weighted by atomic mass is 10.3. The van der Waals surface area contributed by atoms with E-state index in [2.05, 4.69) is 39.5 Å². The minimum atomic E-state index is 0.891. The summed E-state index contributed by atoms with van der Waals surface area (Å²) < 4.78 is 1.02. The van der Waals surface area contributed by atoms with Crippen molar-refractivity contribution in [3.05, 3.63) is 22.2 Å². The Hall–Kier alpha value is -0.320. The predicted molar refractivity (Wildman–Crippen MR) is 47.5 cm³/mol. The van der Waals surface area contributed by atoms with Crippen LogP contribution in [0, 0.1) is 0 Å². The Kier molecular flexibility index (Phi) is 1.90. The number of nitrogens with one attached hydrogen (secondary N) is 1. The molecule has 0 amide bonds. The van der Waals surface area contributed by atoms with Crippen molar-refractivity contribution in [2.75, 3.05) is 0 Å². The Morgan fingerprint density at radius 1 is 1.78 bits per heavy atom. The molecule has 0 saturated carbocycles. The minimum absolute atomic E-state index is 0.891. The lowest BCUT2D eigenvalue weighted by Crippen LogP contribution is -2.17. The number of hydrogen-bond donors (Lipinski definition) is 1. The van der Waals surface area contributed by atoms with E-state index in [1.54, 1.807) is 6.20 Å². The van der Waals surface area contributed by atoms with Crippen molar-refractivity contribution >= 4 is 28.3 Å². The number of allylic oxidation sites excluding steroid dienone is 1. The largest absolute Gasteiger partial charge is 0.348 e. The van der Waals surface area contributed by atoms with Crippen molar-refractivity contribution in [2.24, 2.45) is 4.99 Å². The molecule has 0 bridgehead atoms. The van der Waals surface area contributed by atoms with Crippen LogP contribution < -0.4 is 5.32 Å². The Morgan fingerprint density at radius 2 is 2.44 bits per heavy atom. The normalized spacial score (nSPS) is 18.2. The summed E-state index contributed by atoms with van der Waals surface area (Å²) in [6, 6.07) is 0. The van der Waals surface area contributed by atoms with Crippen molar-refractivity contribution in [1.82, 2.24) is 5.32 Å². The molecule has 1 rings (SSSR count). The van der Waals surface area contributed by atoms with Gasteiger partial charge in [0.2, 0.25) is 0 Å². The Labute approximate surface area is 67.9 Å². The van der Waals surface area contributed by atoms with Crippen LogP contribution in [0.3, 0.4) is 0 Å². The van der Waals surface area contributed by atoms with Gasteiger partial charge in [0.1, 0.15) is 0 Å². The summed E-state index contributed by atoms with van der Waals surface area (Å²) in [4.78, 5) is 4.08. The quantitative estimate of drug-likeness (QED) is 0.501. The lowest BCUT2D eigenvalue weighted by Gasteiger charge is -2.10. The zero-order chi connectivity index (χ0) is 6.85. The minimum Gasteiger partial charge on any atom is -0.348 e. The highest BCUT2D eigenvalue weighted by molar-refractivity contribution is 14.1. The summed E-state index contributed by atoms with van der Waals surface area (Å²) in [5.74, 6) is 0. The van der Waals surface area contributed by atoms with Crippen LogP contribution in [0.15, 0.2) is 27.2 Å². The summed E-state index contributed by atoms with van der Waals surface area (Å²) in [6.45, 7) is 5.68. The number of aliphatic imine (C=N–C) groups is 1. The van der Waals surface area contributed by atoms with E-state index in [1.807, 2.05) is 6.92 Å². The van der Waals surface area contributed by atoms with E-state index in [0.29, 0.717) is 0 Å². The fourth-order valence-electron chi connectivity index (χ4n) is 0.498. The molecular weight excluding hydrogens is 227 g/mol. The molecule has 0 aliphatic carbocycles. The van der Waals surface area contributed by atoms with E-state index in [1.165, 1.54) is 0 Å². The smallest absolute Gasteiger partial charge is 0.0961 e. The molecule has 3 heteroatoms. The van der Waals surface area contributed by atoms with E-state index in [9.17, 15) is 0 Å². The molecule has 0 spiro atoms. The zero-order valence-corrected chi connectivity index (χ0v) is 7.27. The van der Waals surface area contributed by atoms with Crippen LogP contribution in [0.25, 0.3) is 0 Å². The molecule has 0 atom stereocenters. The highest BCUT2D eigenvalue weighted by Crippen LogP contribution is 2.09. The van der Waals surface area contributed by atoms with E-state index in [0.717, 1.165) is 15.1 Å². The van der Waals surface area contributed by atoms with Gasteiger partial charge in [0.25, 0.3) is 0 Å². The van der Waals surface area contributed by atoms with Crippen molar-refractivity contribution in [3.8, 4) is 0 Å². The van der Waals surface area contributed by atoms with Crippen molar-refractivity contribution < 1.29 is 0 Å². The van der Waals surface area contributed by atoms with Gasteiger partial charge in [-0.25, -0.2) is 0 Å². The Balaban J connectivity index is 2.86. The maximum absolute atomic E-state index is 4.08. The molecule has 0 aromatic carbocycles. The predicted octanol–water partition coefficient (Wildman–Crippen LogP) is 1.80. The molecule has 0 aromatic rings. The van der Waals surface area contributed by atoms with Crippen molar-refractivity contribution in [3.63, 3.8) is 0 Å². The van der Waals surface area contributed by atoms with E-state index < -0.39 is 0 Å². The number of hydrogen-bond acceptors (Lipinski definition) is 2. The fourth-order valence-corrected chi connectivity index (χ4v) is 0.963. The summed E-state index contributed by atoms with van der Waals surface area (Å²) in [6.07, 6.45) is 1.78. The first kappa shape index (κ1) is 6.80. The summed E-state index contributed by atoms with van der Waals surface area (Å²) >= 11 is 2.16. The standard InChI is InChI=1S/C6H7IN2/c1-4-5(2)9-6(7)3-8-4/h3,9H,2H2,1H3. The van der Waals surface area contributed by atoms with Gasteiger partial charge in [-0.1, -0.05) is 6.58 Å². The number of halogens is 1. The van der Waals surface area contributed by atoms with Crippen LogP contribution >= 0.6 is 22.6 Å². The Bertz CT molecular complexity index is 203. The first-order chi connectivity index (χ1) is 4.20. The molecule has 48 valence electrons. The van der Waals surface area contributed by atoms with Crippen LogP contribution in [0.4, 0.5) is 0 Å². The second kappa shape index (κ2) is 2.51. The van der Waals surface area contributed by atoms with Crippen LogP contribution in [0.5, 0.6) is 0 Å². The first-order valence-electron chi connectivity index (χ1n) is 2.56. The fraction of sp³-hybridized carbons (Fsp3) is 0.167. The molecular formula is C6H7IN2. The maximum Gasteiger partial charge on any atom is 0.0961 e. The van der Waals surface area contributed by atoms with Crippen molar-refractivity contribution in [2.45, 2.75) is 6.92 Å². The van der Waals surface area contributed by atoms with Crippen LogP contribution in [0.1, 0.15) is 6.92 Å². The molecule has 0 radical (unpaired) electrons. The molecule has 0 aromatic heterocycles. The van der Waals surface area contributed by atoms with Gasteiger partial charge in [0.15, 0.2) is 0 Å². The number of rotatable bonds is 0. The summed E-state index contributed by atoms with van der Waals surface area (Å²) in [5.41, 5.74) is 1.84. The van der Waals surface area contributed by atoms with Gasteiger partial charge in [-0.3, -0.25) is 4.99 Å². The number of nitrogens with zero attached hydrogens (tertiary/aromatic N) is 1. The molecule has 0 saturated heterocycles. The average molecular weight is 234 g/mol. The van der Waals surface area contributed by atoms with Gasteiger partial charge >= 0.3 is 0 Å². The molecule has 1 aliphatic rings. The zero-order valence-electron chi connectivity index (χ0n) is 5.11. The van der Waals surface area contributed by atoms with E-state index in [4.69, 9.17) is 0 Å². The van der Waals surface area contributed by atoms with Gasteiger partial charge in [0.05, 0.1) is 21.3 Å². The van der Waals surface area contributed by atoms with E-state index in [-0.39, 0.29) is 0 Å². The van der Waals surface area contributed by atoms with Crippen LogP contribution in [-0.4, -0.2) is 5.71 Å². The summed E-state index contributed by atoms with van der Waals surface area (Å²) in [5, 5.41) is 3.05. The average Bonchev–Trinajstić information content (AvgIpc) is 1.80. The molecule has 1 aliphatic heterocycles. The van der Waals surface area contributed by atoms with Gasteiger partial charge in [0, 0.05) is 0 Å². The van der Waals surface area contributed by atoms with Crippen LogP contribution in [-0.2, 0) is 0 Å². The summed E-state index contributed by atoms with van der Waals surface area (Å²) in [7, 11) is 0. The highest BCUT2D eigenvalue weighted by Gasteiger charge is 2.02. The molecule has 1 heterocycles. The molecule has 1 N–H and O–H groups in total. The van der Waals surface area contributed by atoms with E-state index >= 15 is 0 Å². The monoisotopic (exact) mass is 234 g/mol. The second-order valence-electron chi connectivity index (χ2n) is 1.80. The SMILES string of the molecule is C=C1NC(I)=CN=C1C. The third kappa shape index (κ3) is 1.54. The lowest BCUT2D eigenvalue weighted by molar-refractivity contribution is 1.09. The van der Waals surface area contributed by atoms with Gasteiger partial charge in [-0.2, -0.15) is 0 Å². The van der Waals surface area contributed by atoms with Gasteiger partial charge in [-0.05, 0) is 29.5 Å². The molecule has 0 unspecified atom stereocenters. The Morgan fingerprint density at radius 3 is 2.89 bits per heavy atom. The highest BCUT2D eigenvalue weighted by atomic mass is 127. The molecule has 0 fully saturated rings. The maximum atomic E-state index is 4.08. The van der Waals surface area contributed by atoms with Gasteiger partial charge in [-0.15, -0.1) is 0 Å². The first-order valence-corrected chi connectivity index (χ1v) is 3.64. The van der Waals surface area contributed by atoms with Gasteiger partial charge < -0.3 is 5.32 Å². The third-order valence-corrected chi connectivity index (χ3v) is 1.63. The topological polar surface area (TPSA) is 24.4 Å². The molecule has 2 nitrogen and oxygen atoms in total. The second-order valence-corrected chi connectivity index (χ2v) is 2.96. The third-order valence-electron chi connectivity index (χ3n) is 1.08.